The second-order valence-corrected chi connectivity index (χ2v) is 15.6. The number of aryl methyl sites for hydroxylation is 1. The van der Waals surface area contributed by atoms with Crippen LogP contribution >= 0.6 is 0 Å². The number of imidazole rings is 1. The van der Waals surface area contributed by atoms with E-state index in [0.717, 1.165) is 56.1 Å². The molecule has 0 aliphatic rings. The van der Waals surface area contributed by atoms with Crippen LogP contribution in [0, 0.1) is 13.0 Å². The molecule has 0 bridgehead atoms. The molecule has 0 saturated heterocycles. The molecule has 7 aromatic rings. The van der Waals surface area contributed by atoms with Crippen molar-refractivity contribution in [1.82, 2.24) is 14.5 Å². The Morgan fingerprint density at radius 3 is 1.83 bits per heavy atom. The molecule has 7 rings (SSSR count). The Morgan fingerprint density at radius 1 is 0.611 bits per heavy atom. The SMILES string of the molecule is Cc1cc(-c2ccccc2O)nc(-c2[c-]c(-c3nc4ccccc4n3-c3c(C(C)C)cccc3C(C)C)ccc2)c1-c1cc(C(C)C)cc(C(C)C)c1.[Pt]. The summed E-state index contributed by atoms with van der Waals surface area (Å²) in [7, 11) is 0. The summed E-state index contributed by atoms with van der Waals surface area (Å²) in [5.74, 6) is 2.43. The normalized spacial score (nSPS) is 11.6. The van der Waals surface area contributed by atoms with Gasteiger partial charge < -0.3 is 9.67 Å². The Bertz CT molecular complexity index is 2400. The van der Waals surface area contributed by atoms with Crippen molar-refractivity contribution in [3.8, 4) is 56.5 Å². The minimum absolute atomic E-state index is 0. The Balaban J connectivity index is 0.00000497. The largest absolute Gasteiger partial charge is 0.507 e. The van der Waals surface area contributed by atoms with E-state index in [1.54, 1.807) is 6.07 Å². The van der Waals surface area contributed by atoms with Crippen LogP contribution in [0.3, 0.4) is 0 Å². The van der Waals surface area contributed by atoms with E-state index in [1.165, 1.54) is 27.9 Å². The summed E-state index contributed by atoms with van der Waals surface area (Å²) in [4.78, 5) is 10.7. The van der Waals surface area contributed by atoms with E-state index >= 15 is 0 Å². The van der Waals surface area contributed by atoms with Crippen molar-refractivity contribution in [2.75, 3.05) is 0 Å². The maximum atomic E-state index is 11.0. The van der Waals surface area contributed by atoms with Gasteiger partial charge in [-0.05, 0) is 99.9 Å². The summed E-state index contributed by atoms with van der Waals surface area (Å²) >= 11 is 0. The summed E-state index contributed by atoms with van der Waals surface area (Å²) in [5.41, 5.74) is 15.7. The maximum Gasteiger partial charge on any atom is 0.124 e. The van der Waals surface area contributed by atoms with Crippen molar-refractivity contribution >= 4 is 11.0 Å². The van der Waals surface area contributed by atoms with Gasteiger partial charge in [-0.2, -0.15) is 0 Å². The van der Waals surface area contributed by atoms with Crippen molar-refractivity contribution in [2.24, 2.45) is 0 Å². The zero-order valence-corrected chi connectivity index (χ0v) is 35.1. The van der Waals surface area contributed by atoms with Crippen LogP contribution in [-0.4, -0.2) is 19.6 Å². The number of aromatic nitrogens is 3. The number of hydrogen-bond acceptors (Lipinski definition) is 3. The molecule has 0 atom stereocenters. The average molecular weight is 892 g/mol. The van der Waals surface area contributed by atoms with Gasteiger partial charge in [0.05, 0.1) is 22.6 Å². The Kier molecular flexibility index (Phi) is 11.5. The van der Waals surface area contributed by atoms with Gasteiger partial charge in [-0.3, -0.25) is 9.97 Å². The van der Waals surface area contributed by atoms with Gasteiger partial charge in [-0.25, -0.2) is 0 Å². The van der Waals surface area contributed by atoms with E-state index in [1.807, 2.05) is 18.2 Å². The third-order valence-electron chi connectivity index (χ3n) is 10.4. The van der Waals surface area contributed by atoms with Gasteiger partial charge in [0.25, 0.3) is 0 Å². The molecule has 0 radical (unpaired) electrons. The number of phenolic OH excluding ortho intramolecular Hbond substituents is 1. The summed E-state index contributed by atoms with van der Waals surface area (Å²) < 4.78 is 2.36. The molecule has 5 aromatic carbocycles. The average Bonchev–Trinajstić information content (AvgIpc) is 3.53. The van der Waals surface area contributed by atoms with Crippen molar-refractivity contribution in [3.63, 3.8) is 0 Å². The molecule has 5 heteroatoms. The third-order valence-corrected chi connectivity index (χ3v) is 10.4. The number of pyridine rings is 1. The van der Waals surface area contributed by atoms with Gasteiger partial charge in [-0.15, -0.1) is 24.3 Å². The van der Waals surface area contributed by atoms with Crippen molar-refractivity contribution in [1.29, 1.82) is 0 Å². The zero-order valence-electron chi connectivity index (χ0n) is 32.8. The fourth-order valence-electron chi connectivity index (χ4n) is 7.49. The van der Waals surface area contributed by atoms with Crippen LogP contribution in [0.5, 0.6) is 5.75 Å². The first-order valence-electron chi connectivity index (χ1n) is 19.0. The van der Waals surface area contributed by atoms with Crippen LogP contribution in [0.4, 0.5) is 0 Å². The van der Waals surface area contributed by atoms with Crippen LogP contribution in [0.15, 0.2) is 109 Å². The number of benzene rings is 5. The topological polar surface area (TPSA) is 50.9 Å². The first-order valence-corrected chi connectivity index (χ1v) is 19.0. The molecule has 0 saturated carbocycles. The number of aromatic hydroxyl groups is 1. The van der Waals surface area contributed by atoms with Crippen molar-refractivity contribution < 1.29 is 26.2 Å². The Hall–Kier alpha value is -4.79. The molecular formula is C49H50N3OPt-. The second-order valence-electron chi connectivity index (χ2n) is 15.6. The van der Waals surface area contributed by atoms with Gasteiger partial charge in [0.1, 0.15) is 5.75 Å². The second kappa shape index (κ2) is 15.9. The number of fused-ring (bicyclic) bond motifs is 1. The van der Waals surface area contributed by atoms with E-state index in [2.05, 4.69) is 158 Å². The van der Waals surface area contributed by atoms with Gasteiger partial charge in [-0.1, -0.05) is 127 Å². The number of hydrogen-bond donors (Lipinski definition) is 1. The summed E-state index contributed by atoms with van der Waals surface area (Å²) in [6.07, 6.45) is 0. The van der Waals surface area contributed by atoms with Gasteiger partial charge in [0.2, 0.25) is 0 Å². The molecular weight excluding hydrogens is 842 g/mol. The monoisotopic (exact) mass is 891 g/mol. The van der Waals surface area contributed by atoms with Gasteiger partial charge in [0, 0.05) is 38.0 Å². The zero-order chi connectivity index (χ0) is 37.6. The minimum Gasteiger partial charge on any atom is -0.507 e. The molecule has 1 N–H and O–H groups in total. The Morgan fingerprint density at radius 2 is 1.20 bits per heavy atom. The number of rotatable bonds is 9. The smallest absolute Gasteiger partial charge is 0.124 e. The molecule has 0 amide bonds. The quantitative estimate of drug-likeness (QED) is 0.147. The van der Waals surface area contributed by atoms with Crippen molar-refractivity contribution in [3.05, 3.63) is 143 Å². The van der Waals surface area contributed by atoms with Crippen molar-refractivity contribution in [2.45, 2.75) is 86.0 Å². The first kappa shape index (κ1) is 38.9. The molecule has 4 nitrogen and oxygen atoms in total. The fraction of sp³-hybridized carbons (Fsp3) is 0.265. The van der Waals surface area contributed by atoms with Crippen LogP contribution in [-0.2, 0) is 21.1 Å². The first-order chi connectivity index (χ1) is 25.4. The maximum absolute atomic E-state index is 11.0. The third kappa shape index (κ3) is 7.34. The predicted molar refractivity (Wildman–Crippen MR) is 222 cm³/mol. The molecule has 0 aliphatic carbocycles. The number of para-hydroxylation sites is 4. The van der Waals surface area contributed by atoms with Gasteiger partial charge in [0.15, 0.2) is 0 Å². The van der Waals surface area contributed by atoms with E-state index in [4.69, 9.17) is 9.97 Å². The molecule has 0 fully saturated rings. The van der Waals surface area contributed by atoms with Crippen LogP contribution in [0.2, 0.25) is 0 Å². The van der Waals surface area contributed by atoms with E-state index < -0.39 is 0 Å². The van der Waals surface area contributed by atoms with E-state index in [0.29, 0.717) is 29.2 Å². The molecule has 2 aromatic heterocycles. The van der Waals surface area contributed by atoms with E-state index in [-0.39, 0.29) is 26.8 Å². The summed E-state index contributed by atoms with van der Waals surface area (Å²) in [6, 6.07) is 41.8. The van der Waals surface area contributed by atoms with Crippen LogP contribution in [0.1, 0.15) is 107 Å². The molecule has 0 aliphatic heterocycles. The Labute approximate surface area is 335 Å². The molecule has 0 spiro atoms. The number of phenols is 1. The molecule has 278 valence electrons. The molecule has 54 heavy (non-hydrogen) atoms. The predicted octanol–water partition coefficient (Wildman–Crippen LogP) is 13.4. The summed E-state index contributed by atoms with van der Waals surface area (Å²) in [5, 5.41) is 11.0. The fourth-order valence-corrected chi connectivity index (χ4v) is 7.49. The molecule has 0 unspecified atom stereocenters. The minimum atomic E-state index is 0. The van der Waals surface area contributed by atoms with Crippen LogP contribution < -0.4 is 0 Å². The van der Waals surface area contributed by atoms with Crippen LogP contribution in [0.25, 0.3) is 61.8 Å². The summed E-state index contributed by atoms with van der Waals surface area (Å²) in [6.45, 7) is 20.2. The van der Waals surface area contributed by atoms with E-state index in [9.17, 15) is 5.11 Å². The van der Waals surface area contributed by atoms with Gasteiger partial charge >= 0.3 is 0 Å². The standard InChI is InChI=1S/C49H50N3O.Pt/c1-29(2)36-26-37(30(3)4)28-38(27-36)46-33(9)24-43(41-18-10-13-23-45(41)53)50-47(46)34-16-14-17-35(25-34)49-51-42-21-11-12-22-44(42)52(49)48-39(31(5)6)19-15-20-40(48)32(7)8;/h10-24,26-32,53H,1-9H3;/q-1;. The number of nitrogens with zero attached hydrogens (tertiary/aromatic N) is 3. The molecule has 2 heterocycles.